The van der Waals surface area contributed by atoms with Crippen molar-refractivity contribution in [1.82, 2.24) is 5.32 Å². The highest BCUT2D eigenvalue weighted by molar-refractivity contribution is 5.74. The van der Waals surface area contributed by atoms with E-state index in [1.807, 2.05) is 6.92 Å². The Balaban J connectivity index is 2.72. The van der Waals surface area contributed by atoms with Crippen LogP contribution in [0.15, 0.2) is 18.2 Å². The molecule has 5 heteroatoms. The molecular weight excluding hydrogens is 273 g/mol. The highest BCUT2D eigenvalue weighted by Gasteiger charge is 2.18. The molecule has 0 radical (unpaired) electrons. The number of esters is 1. The van der Waals surface area contributed by atoms with Gasteiger partial charge in [-0.3, -0.25) is 0 Å². The van der Waals surface area contributed by atoms with Crippen molar-refractivity contribution in [2.45, 2.75) is 46.3 Å². The molecule has 0 aliphatic heterocycles. The van der Waals surface area contributed by atoms with Crippen molar-refractivity contribution >= 4 is 5.97 Å². The number of carbonyl (C=O) groups is 1. The first-order valence-corrected chi connectivity index (χ1v) is 7.35. The first-order valence-electron chi connectivity index (χ1n) is 7.35. The van der Waals surface area contributed by atoms with Crippen LogP contribution >= 0.6 is 0 Å². The van der Waals surface area contributed by atoms with Crippen molar-refractivity contribution in [3.63, 3.8) is 0 Å². The molecule has 0 aliphatic carbocycles. The molecule has 118 valence electrons. The Morgan fingerprint density at radius 2 is 2.05 bits per heavy atom. The largest absolute Gasteiger partial charge is 0.476 e. The van der Waals surface area contributed by atoms with E-state index in [9.17, 15) is 9.18 Å². The summed E-state index contributed by atoms with van der Waals surface area (Å²) in [5.41, 5.74) is 0.845. The van der Waals surface area contributed by atoms with Gasteiger partial charge < -0.3 is 14.8 Å². The lowest BCUT2D eigenvalue weighted by Crippen LogP contribution is -2.26. The molecule has 1 rings (SSSR count). The third-order valence-electron chi connectivity index (χ3n) is 3.08. The predicted octanol–water partition coefficient (Wildman–Crippen LogP) is 3.22. The van der Waals surface area contributed by atoms with Gasteiger partial charge in [0.25, 0.3) is 0 Å². The number of halogens is 1. The van der Waals surface area contributed by atoms with Gasteiger partial charge in [-0.15, -0.1) is 0 Å². The van der Waals surface area contributed by atoms with Gasteiger partial charge in [-0.05, 0) is 51.4 Å². The number of hydrogen-bond acceptors (Lipinski definition) is 4. The van der Waals surface area contributed by atoms with Crippen LogP contribution in [0.2, 0.25) is 0 Å². The van der Waals surface area contributed by atoms with Crippen molar-refractivity contribution in [2.24, 2.45) is 0 Å². The van der Waals surface area contributed by atoms with Crippen LogP contribution < -0.4 is 10.1 Å². The van der Waals surface area contributed by atoms with Gasteiger partial charge in [-0.25, -0.2) is 9.18 Å². The maximum atomic E-state index is 14.0. The maximum Gasteiger partial charge on any atom is 0.347 e. The van der Waals surface area contributed by atoms with Crippen molar-refractivity contribution in [1.29, 1.82) is 0 Å². The number of nitrogens with one attached hydrogen (secondary N) is 1. The second-order valence-corrected chi connectivity index (χ2v) is 4.88. The van der Waals surface area contributed by atoms with Gasteiger partial charge in [0.2, 0.25) is 0 Å². The zero-order valence-electron chi connectivity index (χ0n) is 13.1. The van der Waals surface area contributed by atoms with Crippen LogP contribution in [0.4, 0.5) is 4.39 Å². The van der Waals surface area contributed by atoms with Crippen LogP contribution in [0.5, 0.6) is 5.75 Å². The molecular formula is C16H24FNO3. The molecule has 0 saturated heterocycles. The summed E-state index contributed by atoms with van der Waals surface area (Å²) in [5, 5.41) is 3.29. The highest BCUT2D eigenvalue weighted by atomic mass is 19.1. The quantitative estimate of drug-likeness (QED) is 0.748. The number of rotatable bonds is 8. The summed E-state index contributed by atoms with van der Waals surface area (Å²) in [6.07, 6.45) is 0.186. The summed E-state index contributed by atoms with van der Waals surface area (Å²) in [6, 6.07) is 4.84. The summed E-state index contributed by atoms with van der Waals surface area (Å²) in [7, 11) is 0. The van der Waals surface area contributed by atoms with E-state index in [1.165, 1.54) is 13.0 Å². The van der Waals surface area contributed by atoms with Gasteiger partial charge in [0, 0.05) is 6.04 Å². The lowest BCUT2D eigenvalue weighted by atomic mass is 10.1. The molecule has 0 fully saturated rings. The Kier molecular flexibility index (Phi) is 7.15. The summed E-state index contributed by atoms with van der Waals surface area (Å²) < 4.78 is 24.2. The summed E-state index contributed by atoms with van der Waals surface area (Å²) in [4.78, 5) is 11.5. The van der Waals surface area contributed by atoms with E-state index in [-0.39, 0.29) is 18.4 Å². The Bertz CT molecular complexity index is 465. The minimum Gasteiger partial charge on any atom is -0.476 e. The maximum absolute atomic E-state index is 14.0. The molecule has 4 nitrogen and oxygen atoms in total. The van der Waals surface area contributed by atoms with Crippen molar-refractivity contribution in [3.8, 4) is 5.75 Å². The molecule has 1 aromatic carbocycles. The molecule has 0 amide bonds. The van der Waals surface area contributed by atoms with Crippen LogP contribution in [-0.4, -0.2) is 25.2 Å². The second-order valence-electron chi connectivity index (χ2n) is 4.88. The van der Waals surface area contributed by atoms with Gasteiger partial charge in [-0.1, -0.05) is 13.0 Å². The van der Waals surface area contributed by atoms with Gasteiger partial charge in [0.1, 0.15) is 0 Å². The highest BCUT2D eigenvalue weighted by Crippen LogP contribution is 2.23. The van der Waals surface area contributed by atoms with Gasteiger partial charge in [0.15, 0.2) is 17.7 Å². The first-order chi connectivity index (χ1) is 9.99. The van der Waals surface area contributed by atoms with Crippen LogP contribution in [0.1, 0.15) is 45.7 Å². The van der Waals surface area contributed by atoms with E-state index < -0.39 is 17.9 Å². The molecule has 0 saturated carbocycles. The van der Waals surface area contributed by atoms with Crippen molar-refractivity contribution < 1.29 is 18.7 Å². The fraction of sp³-hybridized carbons (Fsp3) is 0.562. The average Bonchev–Trinajstić information content (AvgIpc) is 2.46. The molecule has 0 aliphatic rings. The van der Waals surface area contributed by atoms with E-state index in [0.29, 0.717) is 0 Å². The van der Waals surface area contributed by atoms with E-state index in [4.69, 9.17) is 9.47 Å². The van der Waals surface area contributed by atoms with Crippen molar-refractivity contribution in [2.75, 3.05) is 13.2 Å². The molecule has 0 bridgehead atoms. The topological polar surface area (TPSA) is 47.6 Å². The van der Waals surface area contributed by atoms with E-state index >= 15 is 0 Å². The molecule has 1 aromatic rings. The van der Waals surface area contributed by atoms with Gasteiger partial charge in [0.05, 0.1) is 6.61 Å². The third kappa shape index (κ3) is 5.34. The molecule has 21 heavy (non-hydrogen) atoms. The molecule has 1 N–H and O–H groups in total. The minimum absolute atomic E-state index is 0.0574. The van der Waals surface area contributed by atoms with E-state index in [1.54, 1.807) is 19.1 Å². The first kappa shape index (κ1) is 17.4. The standard InChI is InChI=1S/C16H24FNO3/c1-5-9-18-11(3)13-7-8-15(14(17)10-13)21-12(4)16(19)20-6-2/h7-8,10-12,18H,5-6,9H2,1-4H3. The zero-order valence-corrected chi connectivity index (χ0v) is 13.1. The van der Waals surface area contributed by atoms with Gasteiger partial charge in [-0.2, -0.15) is 0 Å². The number of carbonyl (C=O) groups excluding carboxylic acids is 1. The SMILES string of the molecule is CCCNC(C)c1ccc(OC(C)C(=O)OCC)c(F)c1. The summed E-state index contributed by atoms with van der Waals surface area (Å²) in [6.45, 7) is 8.46. The number of benzene rings is 1. The Morgan fingerprint density at radius 1 is 1.33 bits per heavy atom. The molecule has 2 unspecified atom stereocenters. The smallest absolute Gasteiger partial charge is 0.347 e. The van der Waals surface area contributed by atoms with Crippen LogP contribution in [0, 0.1) is 5.82 Å². The van der Waals surface area contributed by atoms with Crippen molar-refractivity contribution in [3.05, 3.63) is 29.6 Å². The number of ether oxygens (including phenoxy) is 2. The molecule has 0 heterocycles. The Hall–Kier alpha value is -1.62. The van der Waals surface area contributed by atoms with Crippen LogP contribution in [-0.2, 0) is 9.53 Å². The molecule has 0 aromatic heterocycles. The number of hydrogen-bond donors (Lipinski definition) is 1. The lowest BCUT2D eigenvalue weighted by molar-refractivity contribution is -0.150. The Morgan fingerprint density at radius 3 is 2.62 bits per heavy atom. The zero-order chi connectivity index (χ0) is 15.8. The second kappa shape index (κ2) is 8.62. The van der Waals surface area contributed by atoms with E-state index in [2.05, 4.69) is 12.2 Å². The van der Waals surface area contributed by atoms with Crippen LogP contribution in [0.3, 0.4) is 0 Å². The Labute approximate surface area is 125 Å². The minimum atomic E-state index is -0.832. The molecule has 0 spiro atoms. The summed E-state index contributed by atoms with van der Waals surface area (Å²) >= 11 is 0. The van der Waals surface area contributed by atoms with Gasteiger partial charge >= 0.3 is 5.97 Å². The monoisotopic (exact) mass is 297 g/mol. The van der Waals surface area contributed by atoms with Crippen LogP contribution in [0.25, 0.3) is 0 Å². The third-order valence-corrected chi connectivity index (χ3v) is 3.08. The fourth-order valence-corrected chi connectivity index (χ4v) is 1.86. The normalized spacial score (nSPS) is 13.6. The fourth-order valence-electron chi connectivity index (χ4n) is 1.86. The van der Waals surface area contributed by atoms with E-state index in [0.717, 1.165) is 18.5 Å². The average molecular weight is 297 g/mol. The lowest BCUT2D eigenvalue weighted by Gasteiger charge is -2.17. The predicted molar refractivity (Wildman–Crippen MR) is 79.8 cm³/mol. The summed E-state index contributed by atoms with van der Waals surface area (Å²) in [5.74, 6) is -0.922. The molecule has 2 atom stereocenters.